The predicted molar refractivity (Wildman–Crippen MR) is 173 cm³/mol. The normalized spacial score (nSPS) is 18.2. The van der Waals surface area contributed by atoms with Gasteiger partial charge in [-0.05, 0) is 58.1 Å². The van der Waals surface area contributed by atoms with Crippen molar-refractivity contribution < 1.29 is 23.1 Å². The number of hydrogen-bond donors (Lipinski definition) is 3. The molecule has 2 unspecified atom stereocenters. The van der Waals surface area contributed by atoms with Gasteiger partial charge in [0.2, 0.25) is 5.91 Å². The highest BCUT2D eigenvalue weighted by Crippen LogP contribution is 2.22. The number of carbonyl (C=O) groups is 2. The number of sulfonamides is 1. The first kappa shape index (κ1) is 30.4. The fourth-order valence-electron chi connectivity index (χ4n) is 5.88. The molecule has 1 saturated heterocycles. The number of β-amino-alcohol motifs (C(OH)–C–C–N with tert-alkyl or cyclic N) is 1. The number of pyridine rings is 1. The van der Waals surface area contributed by atoms with Crippen LogP contribution in [-0.2, 0) is 21.2 Å². The van der Waals surface area contributed by atoms with Gasteiger partial charge in [0.05, 0.1) is 12.1 Å². The molecule has 3 atom stereocenters. The maximum absolute atomic E-state index is 13.9. The molecule has 1 aliphatic heterocycles. The summed E-state index contributed by atoms with van der Waals surface area (Å²) in [6.07, 6.45) is 1.25. The number of rotatable bonds is 8. The molecule has 1 fully saturated rings. The number of aliphatic hydroxyl groups excluding tert-OH is 1. The molecule has 45 heavy (non-hydrogen) atoms. The zero-order valence-corrected chi connectivity index (χ0v) is 25.4. The topological polar surface area (TPSA) is 129 Å². The molecule has 230 valence electrons. The lowest BCUT2D eigenvalue weighted by Crippen LogP contribution is -2.54. The van der Waals surface area contributed by atoms with Crippen LogP contribution in [0, 0.1) is 0 Å². The molecule has 1 aromatic heterocycles. The first-order valence-electron chi connectivity index (χ1n) is 15.0. The summed E-state index contributed by atoms with van der Waals surface area (Å²) < 4.78 is 27.6. The van der Waals surface area contributed by atoms with E-state index in [1.807, 2.05) is 78.9 Å². The third-order valence-electron chi connectivity index (χ3n) is 8.26. The van der Waals surface area contributed by atoms with E-state index in [0.717, 1.165) is 27.1 Å². The molecule has 0 bridgehead atoms. The van der Waals surface area contributed by atoms with Crippen molar-refractivity contribution >= 4 is 43.4 Å². The quantitative estimate of drug-likeness (QED) is 0.240. The Morgan fingerprint density at radius 1 is 0.889 bits per heavy atom. The van der Waals surface area contributed by atoms with Gasteiger partial charge in [0.25, 0.3) is 15.9 Å². The van der Waals surface area contributed by atoms with E-state index >= 15 is 0 Å². The molecule has 3 N–H and O–H groups in total. The van der Waals surface area contributed by atoms with Gasteiger partial charge in [-0.2, -0.15) is 4.31 Å². The minimum atomic E-state index is -3.92. The Kier molecular flexibility index (Phi) is 8.88. The first-order valence-corrected chi connectivity index (χ1v) is 16.4. The number of nitrogens with one attached hydrogen (secondary N) is 2. The van der Waals surface area contributed by atoms with Crippen LogP contribution in [0.2, 0.25) is 0 Å². The molecule has 1 aliphatic rings. The van der Waals surface area contributed by atoms with E-state index in [9.17, 15) is 23.1 Å². The van der Waals surface area contributed by atoms with E-state index in [-0.39, 0.29) is 30.4 Å². The average molecular weight is 623 g/mol. The maximum atomic E-state index is 13.9. The number of nitrogens with zero attached hydrogens (tertiary/aromatic N) is 2. The molecular weight excluding hydrogens is 588 g/mol. The van der Waals surface area contributed by atoms with Gasteiger partial charge in [-0.1, -0.05) is 84.9 Å². The minimum absolute atomic E-state index is 0.0914. The maximum Gasteiger partial charge on any atom is 0.260 e. The molecule has 2 amide bonds. The first-order chi connectivity index (χ1) is 21.8. The fraction of sp³-hybridized carbons (Fsp3) is 0.229. The number of hydrogen-bond acceptors (Lipinski definition) is 6. The second-order valence-corrected chi connectivity index (χ2v) is 13.2. The molecule has 2 heterocycles. The SMILES string of the molecule is O=C(N[C@@H](Cc1ccc2ccccc2c1)C(=O)NC1CCCN(S(=O)(=O)c2ccccn2)CC1O)c1cccc2ccccc12. The van der Waals surface area contributed by atoms with Gasteiger partial charge in [-0.3, -0.25) is 9.59 Å². The van der Waals surface area contributed by atoms with Gasteiger partial charge < -0.3 is 15.7 Å². The number of aromatic nitrogens is 1. The number of fused-ring (bicyclic) bond motifs is 2. The van der Waals surface area contributed by atoms with Crippen LogP contribution in [-0.4, -0.2) is 65.9 Å². The number of amides is 2. The standard InChI is InChI=1S/C35H34N4O5S/c40-32-23-39(45(43,44)33-16-5-6-19-36-33)20-8-15-30(32)37-35(42)31(22-24-17-18-25-9-1-2-11-27(25)21-24)38-34(41)29-14-7-12-26-10-3-4-13-28(26)29/h1-7,9-14,16-19,21,30-32,40H,8,15,20,22-23H2,(H,37,42)(H,38,41)/t30?,31-,32?/m0/s1. The number of carbonyl (C=O) groups excluding carboxylic acids is 2. The van der Waals surface area contributed by atoms with Gasteiger partial charge in [0.15, 0.2) is 5.03 Å². The zero-order chi connectivity index (χ0) is 31.4. The predicted octanol–water partition coefficient (Wildman–Crippen LogP) is 4.06. The van der Waals surface area contributed by atoms with Gasteiger partial charge in [0, 0.05) is 31.3 Å². The Labute approximate surface area is 262 Å². The van der Waals surface area contributed by atoms with Crippen LogP contribution in [0.5, 0.6) is 0 Å². The highest BCUT2D eigenvalue weighted by atomic mass is 32.2. The molecule has 4 aromatic carbocycles. The third kappa shape index (κ3) is 6.73. The van der Waals surface area contributed by atoms with Gasteiger partial charge >= 0.3 is 0 Å². The lowest BCUT2D eigenvalue weighted by atomic mass is 9.99. The van der Waals surface area contributed by atoms with Crippen LogP contribution >= 0.6 is 0 Å². The van der Waals surface area contributed by atoms with Crippen molar-refractivity contribution in [2.45, 2.75) is 42.5 Å². The smallest absolute Gasteiger partial charge is 0.260 e. The minimum Gasteiger partial charge on any atom is -0.390 e. The van der Waals surface area contributed by atoms with Gasteiger partial charge in [-0.25, -0.2) is 13.4 Å². The highest BCUT2D eigenvalue weighted by Gasteiger charge is 2.35. The van der Waals surface area contributed by atoms with Crippen molar-refractivity contribution in [1.82, 2.24) is 19.9 Å². The Morgan fingerprint density at radius 3 is 2.42 bits per heavy atom. The fourth-order valence-corrected chi connectivity index (χ4v) is 7.31. The molecule has 0 saturated carbocycles. The summed E-state index contributed by atoms with van der Waals surface area (Å²) in [7, 11) is -3.92. The van der Waals surface area contributed by atoms with E-state index in [4.69, 9.17) is 0 Å². The molecule has 0 radical (unpaired) electrons. The summed E-state index contributed by atoms with van der Waals surface area (Å²) in [5.74, 6) is -0.844. The molecule has 10 heteroatoms. The molecular formula is C35H34N4O5S. The van der Waals surface area contributed by atoms with E-state index in [1.54, 1.807) is 18.2 Å². The van der Waals surface area contributed by atoms with Crippen molar-refractivity contribution in [3.05, 3.63) is 120 Å². The highest BCUT2D eigenvalue weighted by molar-refractivity contribution is 7.89. The largest absolute Gasteiger partial charge is 0.390 e. The van der Waals surface area contributed by atoms with E-state index < -0.39 is 34.1 Å². The van der Waals surface area contributed by atoms with Crippen molar-refractivity contribution in [1.29, 1.82) is 0 Å². The molecule has 5 aromatic rings. The summed E-state index contributed by atoms with van der Waals surface area (Å²) in [5.41, 5.74) is 1.32. The van der Waals surface area contributed by atoms with Crippen LogP contribution in [0.4, 0.5) is 0 Å². The Morgan fingerprint density at radius 2 is 1.62 bits per heavy atom. The van der Waals surface area contributed by atoms with Crippen LogP contribution in [0.25, 0.3) is 21.5 Å². The molecule has 6 rings (SSSR count). The van der Waals surface area contributed by atoms with Crippen LogP contribution < -0.4 is 10.6 Å². The summed E-state index contributed by atoms with van der Waals surface area (Å²) in [6.45, 7) is -0.0117. The van der Waals surface area contributed by atoms with Crippen molar-refractivity contribution in [3.8, 4) is 0 Å². The Balaban J connectivity index is 1.23. The van der Waals surface area contributed by atoms with Crippen molar-refractivity contribution in [3.63, 3.8) is 0 Å². The molecule has 9 nitrogen and oxygen atoms in total. The van der Waals surface area contributed by atoms with Gasteiger partial charge in [0.1, 0.15) is 6.04 Å². The van der Waals surface area contributed by atoms with Crippen LogP contribution in [0.3, 0.4) is 0 Å². The molecule has 0 spiro atoms. The average Bonchev–Trinajstić information content (AvgIpc) is 3.25. The summed E-state index contributed by atoms with van der Waals surface area (Å²) in [4.78, 5) is 31.5. The number of benzene rings is 4. The Hall–Kier alpha value is -4.64. The van der Waals surface area contributed by atoms with Crippen molar-refractivity contribution in [2.75, 3.05) is 13.1 Å². The Bertz CT molecular complexity index is 1950. The van der Waals surface area contributed by atoms with E-state index in [2.05, 4.69) is 15.6 Å². The molecule has 0 aliphatic carbocycles. The zero-order valence-electron chi connectivity index (χ0n) is 24.5. The second kappa shape index (κ2) is 13.2. The lowest BCUT2D eigenvalue weighted by molar-refractivity contribution is -0.124. The summed E-state index contributed by atoms with van der Waals surface area (Å²) in [6, 6.07) is 29.8. The summed E-state index contributed by atoms with van der Waals surface area (Å²) >= 11 is 0. The van der Waals surface area contributed by atoms with Crippen LogP contribution in [0.15, 0.2) is 114 Å². The lowest BCUT2D eigenvalue weighted by Gasteiger charge is -2.27. The second-order valence-electron chi connectivity index (χ2n) is 11.3. The third-order valence-corrected chi connectivity index (χ3v) is 10.0. The monoisotopic (exact) mass is 622 g/mol. The van der Waals surface area contributed by atoms with E-state index in [1.165, 1.54) is 16.6 Å². The van der Waals surface area contributed by atoms with Crippen LogP contribution in [0.1, 0.15) is 28.8 Å². The van der Waals surface area contributed by atoms with Crippen molar-refractivity contribution in [2.24, 2.45) is 0 Å². The summed E-state index contributed by atoms with van der Waals surface area (Å²) in [5, 5.41) is 20.7. The van der Waals surface area contributed by atoms with Gasteiger partial charge in [-0.15, -0.1) is 0 Å². The number of aliphatic hydroxyl groups is 1. The van der Waals surface area contributed by atoms with E-state index in [0.29, 0.717) is 18.4 Å².